The van der Waals surface area contributed by atoms with Gasteiger partial charge in [0.1, 0.15) is 5.75 Å². The molecule has 8 nitrogen and oxygen atoms in total. The van der Waals surface area contributed by atoms with Gasteiger partial charge >= 0.3 is 11.8 Å². The highest BCUT2D eigenvalue weighted by atomic mass is 16.5. The van der Waals surface area contributed by atoms with Gasteiger partial charge in [-0.05, 0) is 58.5 Å². The van der Waals surface area contributed by atoms with Gasteiger partial charge in [0, 0.05) is 25.2 Å². The maximum Gasteiger partial charge on any atom is 0.313 e. The van der Waals surface area contributed by atoms with Gasteiger partial charge in [-0.3, -0.25) is 14.4 Å². The standard InChI is InChI=1S/C19H30N4O4/c1-13(2)23(4)11-7-6-10-21-18(25)19(26)22-15-12-14(17(24)20-3)8-9-16(15)27-5/h8-9,12-13H,6-7,10-11H2,1-5H3,(H,20,24)(H,21,25)(H,22,26). The van der Waals surface area contributed by atoms with Crippen LogP contribution in [-0.2, 0) is 9.59 Å². The summed E-state index contributed by atoms with van der Waals surface area (Å²) in [4.78, 5) is 38.0. The smallest absolute Gasteiger partial charge is 0.313 e. The van der Waals surface area contributed by atoms with Crippen LogP contribution in [0.5, 0.6) is 5.75 Å². The number of benzene rings is 1. The Morgan fingerprint density at radius 3 is 2.44 bits per heavy atom. The van der Waals surface area contributed by atoms with Gasteiger partial charge in [0.25, 0.3) is 5.91 Å². The van der Waals surface area contributed by atoms with E-state index in [2.05, 4.69) is 41.7 Å². The number of ether oxygens (including phenoxy) is 1. The van der Waals surface area contributed by atoms with Crippen LogP contribution in [0.1, 0.15) is 37.0 Å². The summed E-state index contributed by atoms with van der Waals surface area (Å²) in [6.45, 7) is 5.61. The van der Waals surface area contributed by atoms with Crippen LogP contribution in [0.15, 0.2) is 18.2 Å². The Balaban J connectivity index is 2.55. The van der Waals surface area contributed by atoms with Crippen LogP contribution in [0.25, 0.3) is 0 Å². The van der Waals surface area contributed by atoms with Crippen molar-refractivity contribution >= 4 is 23.4 Å². The first-order valence-corrected chi connectivity index (χ1v) is 8.99. The predicted octanol–water partition coefficient (Wildman–Crippen LogP) is 1.23. The molecule has 0 unspecified atom stereocenters. The Morgan fingerprint density at radius 2 is 1.85 bits per heavy atom. The molecule has 1 rings (SSSR count). The van der Waals surface area contributed by atoms with Crippen molar-refractivity contribution in [3.05, 3.63) is 23.8 Å². The third kappa shape index (κ3) is 7.26. The molecule has 3 amide bonds. The molecule has 0 bridgehead atoms. The van der Waals surface area contributed by atoms with Crippen molar-refractivity contribution < 1.29 is 19.1 Å². The molecular weight excluding hydrogens is 348 g/mol. The molecule has 8 heteroatoms. The van der Waals surface area contributed by atoms with E-state index in [0.29, 0.717) is 23.9 Å². The van der Waals surface area contributed by atoms with Gasteiger partial charge in [0.2, 0.25) is 0 Å². The van der Waals surface area contributed by atoms with Crippen molar-refractivity contribution in [3.63, 3.8) is 0 Å². The molecule has 3 N–H and O–H groups in total. The first-order chi connectivity index (χ1) is 12.8. The van der Waals surface area contributed by atoms with E-state index in [0.717, 1.165) is 19.4 Å². The molecular formula is C19H30N4O4. The second-order valence-electron chi connectivity index (χ2n) is 6.49. The Bertz CT molecular complexity index is 661. The van der Waals surface area contributed by atoms with E-state index in [9.17, 15) is 14.4 Å². The van der Waals surface area contributed by atoms with Crippen LogP contribution >= 0.6 is 0 Å². The van der Waals surface area contributed by atoms with Gasteiger partial charge in [0.05, 0.1) is 12.8 Å². The average Bonchev–Trinajstić information content (AvgIpc) is 2.66. The van der Waals surface area contributed by atoms with Crippen molar-refractivity contribution in [2.45, 2.75) is 32.7 Å². The Hall–Kier alpha value is -2.61. The van der Waals surface area contributed by atoms with E-state index in [1.807, 2.05) is 0 Å². The summed E-state index contributed by atoms with van der Waals surface area (Å²) < 4.78 is 5.17. The van der Waals surface area contributed by atoms with E-state index < -0.39 is 11.8 Å². The van der Waals surface area contributed by atoms with Crippen molar-refractivity contribution in [2.75, 3.05) is 39.6 Å². The van der Waals surface area contributed by atoms with Crippen LogP contribution in [-0.4, -0.2) is 63.0 Å². The zero-order chi connectivity index (χ0) is 20.4. The van der Waals surface area contributed by atoms with E-state index in [4.69, 9.17) is 4.74 Å². The monoisotopic (exact) mass is 378 g/mol. The molecule has 1 aromatic carbocycles. The first-order valence-electron chi connectivity index (χ1n) is 8.99. The van der Waals surface area contributed by atoms with Crippen LogP contribution in [0, 0.1) is 0 Å². The molecule has 0 aliphatic heterocycles. The summed E-state index contributed by atoms with van der Waals surface area (Å²) in [6.07, 6.45) is 1.71. The molecule has 1 aromatic rings. The first kappa shape index (κ1) is 22.4. The summed E-state index contributed by atoms with van der Waals surface area (Å²) in [5.74, 6) is -1.47. The second-order valence-corrected chi connectivity index (χ2v) is 6.49. The molecule has 0 spiro atoms. The topological polar surface area (TPSA) is 99.8 Å². The summed E-state index contributed by atoms with van der Waals surface area (Å²) in [5.41, 5.74) is 0.612. The molecule has 0 fully saturated rings. The lowest BCUT2D eigenvalue weighted by Gasteiger charge is -2.20. The maximum atomic E-state index is 12.1. The van der Waals surface area contributed by atoms with Crippen molar-refractivity contribution in [1.82, 2.24) is 15.5 Å². The zero-order valence-electron chi connectivity index (χ0n) is 16.7. The second kappa shape index (κ2) is 11.2. The minimum Gasteiger partial charge on any atom is -0.495 e. The van der Waals surface area contributed by atoms with Gasteiger partial charge in [-0.25, -0.2) is 0 Å². The van der Waals surface area contributed by atoms with Gasteiger partial charge < -0.3 is 25.6 Å². The quantitative estimate of drug-likeness (QED) is 0.443. The van der Waals surface area contributed by atoms with Gasteiger partial charge in [-0.15, -0.1) is 0 Å². The number of unbranched alkanes of at least 4 members (excludes halogenated alkanes) is 1. The summed E-state index contributed by atoms with van der Waals surface area (Å²) in [5, 5.41) is 7.59. The molecule has 27 heavy (non-hydrogen) atoms. The van der Waals surface area contributed by atoms with Crippen LogP contribution in [0.2, 0.25) is 0 Å². The molecule has 0 aliphatic rings. The van der Waals surface area contributed by atoms with E-state index in [-0.39, 0.29) is 11.6 Å². The number of methoxy groups -OCH3 is 1. The maximum absolute atomic E-state index is 12.1. The third-order valence-electron chi connectivity index (χ3n) is 4.25. The van der Waals surface area contributed by atoms with E-state index in [1.165, 1.54) is 20.2 Å². The number of hydrogen-bond donors (Lipinski definition) is 3. The molecule has 0 atom stereocenters. The molecule has 0 saturated carbocycles. The predicted molar refractivity (Wildman–Crippen MR) is 105 cm³/mol. The Kier molecular flexibility index (Phi) is 9.29. The SMILES string of the molecule is CNC(=O)c1ccc(OC)c(NC(=O)C(=O)NCCCCN(C)C(C)C)c1. The van der Waals surface area contributed by atoms with Gasteiger partial charge in [0.15, 0.2) is 0 Å². The molecule has 0 aromatic heterocycles. The minimum absolute atomic E-state index is 0.261. The summed E-state index contributed by atoms with van der Waals surface area (Å²) in [7, 11) is 5.01. The summed E-state index contributed by atoms with van der Waals surface area (Å²) >= 11 is 0. The minimum atomic E-state index is -0.804. The summed E-state index contributed by atoms with van der Waals surface area (Å²) in [6, 6.07) is 5.07. The molecule has 150 valence electrons. The van der Waals surface area contributed by atoms with Crippen molar-refractivity contribution in [3.8, 4) is 5.75 Å². The Morgan fingerprint density at radius 1 is 1.15 bits per heavy atom. The number of carbonyl (C=O) groups excluding carboxylic acids is 3. The zero-order valence-corrected chi connectivity index (χ0v) is 16.7. The number of anilines is 1. The lowest BCUT2D eigenvalue weighted by Crippen LogP contribution is -2.36. The lowest BCUT2D eigenvalue weighted by molar-refractivity contribution is -0.136. The Labute approximate surface area is 160 Å². The number of nitrogens with one attached hydrogen (secondary N) is 3. The highest BCUT2D eigenvalue weighted by Crippen LogP contribution is 2.25. The largest absolute Gasteiger partial charge is 0.495 e. The fourth-order valence-electron chi connectivity index (χ4n) is 2.30. The van der Waals surface area contributed by atoms with Crippen molar-refractivity contribution in [1.29, 1.82) is 0 Å². The third-order valence-corrected chi connectivity index (χ3v) is 4.25. The van der Waals surface area contributed by atoms with Gasteiger partial charge in [-0.1, -0.05) is 0 Å². The number of nitrogens with zero attached hydrogens (tertiary/aromatic N) is 1. The molecule has 0 radical (unpaired) electrons. The molecule has 0 aliphatic carbocycles. The van der Waals surface area contributed by atoms with Crippen molar-refractivity contribution in [2.24, 2.45) is 0 Å². The average molecular weight is 378 g/mol. The number of hydrogen-bond acceptors (Lipinski definition) is 5. The van der Waals surface area contributed by atoms with Gasteiger partial charge in [-0.2, -0.15) is 0 Å². The highest BCUT2D eigenvalue weighted by molar-refractivity contribution is 6.39. The number of amides is 3. The number of carbonyl (C=O) groups is 3. The highest BCUT2D eigenvalue weighted by Gasteiger charge is 2.17. The molecule has 0 heterocycles. The fourth-order valence-corrected chi connectivity index (χ4v) is 2.30. The molecule has 0 saturated heterocycles. The number of rotatable bonds is 9. The van der Waals surface area contributed by atoms with Crippen LogP contribution in [0.4, 0.5) is 5.69 Å². The lowest BCUT2D eigenvalue weighted by atomic mass is 10.1. The van der Waals surface area contributed by atoms with Crippen LogP contribution < -0.4 is 20.7 Å². The van der Waals surface area contributed by atoms with Crippen LogP contribution in [0.3, 0.4) is 0 Å². The normalized spacial score (nSPS) is 10.6. The van der Waals surface area contributed by atoms with E-state index in [1.54, 1.807) is 12.1 Å². The fraction of sp³-hybridized carbons (Fsp3) is 0.526. The van der Waals surface area contributed by atoms with E-state index >= 15 is 0 Å².